The molecule has 0 aliphatic carbocycles. The molecular formula is C15H19NO2S2. The van der Waals surface area contributed by atoms with Gasteiger partial charge in [0.1, 0.15) is 4.21 Å². The maximum absolute atomic E-state index is 11.9. The van der Waals surface area contributed by atoms with E-state index in [0.29, 0.717) is 10.8 Å². The van der Waals surface area contributed by atoms with Gasteiger partial charge < -0.3 is 0 Å². The molecule has 1 heterocycles. The fourth-order valence-electron chi connectivity index (χ4n) is 2.10. The molecule has 5 heteroatoms. The van der Waals surface area contributed by atoms with E-state index in [1.54, 1.807) is 17.5 Å². The zero-order chi connectivity index (χ0) is 14.6. The van der Waals surface area contributed by atoms with Crippen molar-refractivity contribution in [1.82, 2.24) is 4.72 Å². The third-order valence-electron chi connectivity index (χ3n) is 3.17. The van der Waals surface area contributed by atoms with E-state index in [2.05, 4.69) is 36.8 Å². The van der Waals surface area contributed by atoms with Crippen molar-refractivity contribution in [3.05, 3.63) is 52.4 Å². The van der Waals surface area contributed by atoms with Crippen molar-refractivity contribution in [2.45, 2.75) is 30.9 Å². The zero-order valence-corrected chi connectivity index (χ0v) is 13.4. The summed E-state index contributed by atoms with van der Waals surface area (Å²) in [4.78, 5) is 0. The van der Waals surface area contributed by atoms with Gasteiger partial charge in [0.25, 0.3) is 0 Å². The van der Waals surface area contributed by atoms with Crippen LogP contribution in [-0.4, -0.2) is 15.0 Å². The highest BCUT2D eigenvalue weighted by atomic mass is 32.2. The lowest BCUT2D eigenvalue weighted by Gasteiger charge is -2.08. The molecule has 1 aromatic heterocycles. The highest BCUT2D eigenvalue weighted by Crippen LogP contribution is 2.16. The van der Waals surface area contributed by atoms with Gasteiger partial charge in [0.05, 0.1) is 0 Å². The van der Waals surface area contributed by atoms with E-state index < -0.39 is 10.0 Å². The van der Waals surface area contributed by atoms with Crippen molar-refractivity contribution in [2.24, 2.45) is 0 Å². The summed E-state index contributed by atoms with van der Waals surface area (Å²) in [5.41, 5.74) is 3.81. The van der Waals surface area contributed by atoms with Gasteiger partial charge in [0.2, 0.25) is 10.0 Å². The van der Waals surface area contributed by atoms with E-state index in [0.717, 1.165) is 12.8 Å². The molecule has 3 nitrogen and oxygen atoms in total. The predicted octanol–water partition coefficient (Wildman–Crippen LogP) is 3.28. The summed E-state index contributed by atoms with van der Waals surface area (Å²) >= 11 is 1.24. The molecule has 1 N–H and O–H groups in total. The minimum absolute atomic E-state index is 0.379. The summed E-state index contributed by atoms with van der Waals surface area (Å²) in [6.45, 7) is 4.64. The van der Waals surface area contributed by atoms with Crippen LogP contribution in [0.1, 0.15) is 23.1 Å². The average molecular weight is 309 g/mol. The molecule has 2 aromatic rings. The Bertz CT molecular complexity index is 661. The number of thiophene rings is 1. The third-order valence-corrected chi connectivity index (χ3v) is 6.03. The van der Waals surface area contributed by atoms with Crippen molar-refractivity contribution < 1.29 is 8.42 Å². The van der Waals surface area contributed by atoms with Crippen LogP contribution in [0.4, 0.5) is 0 Å². The quantitative estimate of drug-likeness (QED) is 0.832. The second-order valence-electron chi connectivity index (χ2n) is 4.86. The minimum atomic E-state index is -3.32. The Morgan fingerprint density at radius 1 is 1.20 bits per heavy atom. The summed E-state index contributed by atoms with van der Waals surface area (Å²) in [6.07, 6.45) is 1.69. The van der Waals surface area contributed by atoms with Gasteiger partial charge in [-0.2, -0.15) is 0 Å². The van der Waals surface area contributed by atoms with Gasteiger partial charge in [-0.15, -0.1) is 11.3 Å². The van der Waals surface area contributed by atoms with Crippen molar-refractivity contribution >= 4 is 21.4 Å². The van der Waals surface area contributed by atoms with Crippen LogP contribution >= 0.6 is 11.3 Å². The average Bonchev–Trinajstić information content (AvgIpc) is 2.91. The molecule has 2 rings (SSSR count). The second kappa shape index (κ2) is 6.52. The number of hydrogen-bond donors (Lipinski definition) is 1. The maximum atomic E-state index is 11.9. The van der Waals surface area contributed by atoms with Gasteiger partial charge in [-0.1, -0.05) is 29.8 Å². The van der Waals surface area contributed by atoms with Crippen LogP contribution in [0.5, 0.6) is 0 Å². The molecule has 0 amide bonds. The summed E-state index contributed by atoms with van der Waals surface area (Å²) in [5.74, 6) is 0. The van der Waals surface area contributed by atoms with Crippen LogP contribution in [0.25, 0.3) is 0 Å². The molecule has 0 saturated heterocycles. The molecule has 0 aliphatic rings. The molecule has 20 heavy (non-hydrogen) atoms. The lowest BCUT2D eigenvalue weighted by atomic mass is 10.0. The van der Waals surface area contributed by atoms with Crippen LogP contribution in [0, 0.1) is 13.8 Å². The molecule has 0 unspecified atom stereocenters. The maximum Gasteiger partial charge on any atom is 0.250 e. The Kier molecular flexibility index (Phi) is 4.96. The van der Waals surface area contributed by atoms with Crippen molar-refractivity contribution in [2.75, 3.05) is 6.54 Å². The van der Waals surface area contributed by atoms with Gasteiger partial charge in [0.15, 0.2) is 0 Å². The van der Waals surface area contributed by atoms with E-state index in [1.165, 1.54) is 28.0 Å². The monoisotopic (exact) mass is 309 g/mol. The Hall–Kier alpha value is -1.17. The molecule has 0 bridgehead atoms. The smallest absolute Gasteiger partial charge is 0.210 e. The molecule has 0 spiro atoms. The van der Waals surface area contributed by atoms with E-state index >= 15 is 0 Å². The highest BCUT2D eigenvalue weighted by molar-refractivity contribution is 7.91. The number of rotatable bonds is 6. The number of hydrogen-bond acceptors (Lipinski definition) is 3. The molecular weight excluding hydrogens is 290 g/mol. The molecule has 0 aliphatic heterocycles. The topological polar surface area (TPSA) is 46.2 Å². The van der Waals surface area contributed by atoms with Gasteiger partial charge in [0, 0.05) is 6.54 Å². The molecule has 1 aromatic carbocycles. The third kappa shape index (κ3) is 3.91. The van der Waals surface area contributed by atoms with Gasteiger partial charge in [-0.05, 0) is 49.3 Å². The van der Waals surface area contributed by atoms with E-state index in [4.69, 9.17) is 0 Å². The van der Waals surface area contributed by atoms with Crippen LogP contribution in [0.2, 0.25) is 0 Å². The molecule has 0 atom stereocenters. The van der Waals surface area contributed by atoms with E-state index in [9.17, 15) is 8.42 Å². The Morgan fingerprint density at radius 3 is 2.65 bits per heavy atom. The fourth-order valence-corrected chi connectivity index (χ4v) is 4.21. The Balaban J connectivity index is 1.85. The highest BCUT2D eigenvalue weighted by Gasteiger charge is 2.13. The Morgan fingerprint density at radius 2 is 2.00 bits per heavy atom. The largest absolute Gasteiger partial charge is 0.250 e. The summed E-state index contributed by atoms with van der Waals surface area (Å²) in [7, 11) is -3.32. The second-order valence-corrected chi connectivity index (χ2v) is 7.80. The standard InChI is InChI=1S/C15H19NO2S2/c1-12-7-8-14(13(2)11-12)5-3-9-16-20(17,18)15-6-4-10-19-15/h4,6-8,10-11,16H,3,5,9H2,1-2H3. The van der Waals surface area contributed by atoms with Gasteiger partial charge in [-0.3, -0.25) is 0 Å². The Labute approximate surface area is 124 Å². The number of benzene rings is 1. The van der Waals surface area contributed by atoms with Crippen LogP contribution in [0.15, 0.2) is 39.9 Å². The van der Waals surface area contributed by atoms with Crippen LogP contribution < -0.4 is 4.72 Å². The first-order valence-electron chi connectivity index (χ1n) is 6.58. The SMILES string of the molecule is Cc1ccc(CCCNS(=O)(=O)c2cccs2)c(C)c1. The summed E-state index contributed by atoms with van der Waals surface area (Å²) in [6, 6.07) is 9.74. The van der Waals surface area contributed by atoms with E-state index in [1.807, 2.05) is 0 Å². The molecule has 0 saturated carbocycles. The number of nitrogens with one attached hydrogen (secondary N) is 1. The minimum Gasteiger partial charge on any atom is -0.210 e. The summed E-state index contributed by atoms with van der Waals surface area (Å²) < 4.78 is 26.9. The van der Waals surface area contributed by atoms with Gasteiger partial charge in [-0.25, -0.2) is 13.1 Å². The lowest BCUT2D eigenvalue weighted by Crippen LogP contribution is -2.24. The fraction of sp³-hybridized carbons (Fsp3) is 0.333. The number of aryl methyl sites for hydroxylation is 3. The predicted molar refractivity (Wildman–Crippen MR) is 83.7 cm³/mol. The first-order chi connectivity index (χ1) is 9.49. The molecule has 108 valence electrons. The molecule has 0 fully saturated rings. The van der Waals surface area contributed by atoms with Crippen LogP contribution in [0.3, 0.4) is 0 Å². The van der Waals surface area contributed by atoms with Crippen molar-refractivity contribution in [3.63, 3.8) is 0 Å². The summed E-state index contributed by atoms with van der Waals surface area (Å²) in [5, 5.41) is 1.77. The first-order valence-corrected chi connectivity index (χ1v) is 8.94. The lowest BCUT2D eigenvalue weighted by molar-refractivity contribution is 0.581. The first kappa shape index (κ1) is 15.2. The van der Waals surface area contributed by atoms with E-state index in [-0.39, 0.29) is 0 Å². The molecule has 0 radical (unpaired) electrons. The van der Waals surface area contributed by atoms with Gasteiger partial charge >= 0.3 is 0 Å². The van der Waals surface area contributed by atoms with Crippen molar-refractivity contribution in [3.8, 4) is 0 Å². The van der Waals surface area contributed by atoms with Crippen LogP contribution in [-0.2, 0) is 16.4 Å². The van der Waals surface area contributed by atoms with Crippen molar-refractivity contribution in [1.29, 1.82) is 0 Å². The number of sulfonamides is 1. The normalized spacial score (nSPS) is 11.7. The zero-order valence-electron chi connectivity index (χ0n) is 11.7.